The molecule has 3 aromatic rings. The number of hydrogen-bond donors (Lipinski definition) is 0. The van der Waals surface area contributed by atoms with Crippen molar-refractivity contribution < 1.29 is 0 Å². The quantitative estimate of drug-likeness (QED) is 0.427. The fraction of sp³-hybridized carbons (Fsp3) is 0. The Morgan fingerprint density at radius 2 is 1.42 bits per heavy atom. The van der Waals surface area contributed by atoms with Crippen LogP contribution >= 0.6 is 67.8 Å². The number of halogens is 3. The highest BCUT2D eigenvalue weighted by Crippen LogP contribution is 2.23. The van der Waals surface area contributed by atoms with Gasteiger partial charge in [-0.2, -0.15) is 10.2 Å². The van der Waals surface area contributed by atoms with E-state index in [9.17, 15) is 0 Å². The molecule has 0 saturated carbocycles. The Hall–Kier alpha value is -0.170. The van der Waals surface area contributed by atoms with Crippen LogP contribution in [0.25, 0.3) is 11.4 Å². The molecule has 0 atom stereocenters. The largest absolute Gasteiger partial charge is 0.228 e. The molecule has 0 N–H and O–H groups in total. The first-order valence-corrected chi connectivity index (χ1v) is 8.60. The Morgan fingerprint density at radius 3 is 1.95 bits per heavy atom. The SMILES string of the molecule is Ic1cc(-n2nccc2I)ccc1-n1nccc1I. The first-order chi connectivity index (χ1) is 9.16. The molecule has 0 bridgehead atoms. The zero-order valence-electron chi connectivity index (χ0n) is 9.46. The molecule has 19 heavy (non-hydrogen) atoms. The molecule has 4 nitrogen and oxygen atoms in total. The summed E-state index contributed by atoms with van der Waals surface area (Å²) in [6.45, 7) is 0. The van der Waals surface area contributed by atoms with Crippen molar-refractivity contribution in [1.82, 2.24) is 19.6 Å². The van der Waals surface area contributed by atoms with Crippen molar-refractivity contribution in [2.75, 3.05) is 0 Å². The molecule has 0 saturated heterocycles. The Morgan fingerprint density at radius 1 is 0.789 bits per heavy atom. The van der Waals surface area contributed by atoms with Crippen LogP contribution in [0.5, 0.6) is 0 Å². The highest BCUT2D eigenvalue weighted by Gasteiger charge is 2.09. The normalized spacial score (nSPS) is 10.9. The third kappa shape index (κ3) is 2.68. The maximum absolute atomic E-state index is 4.34. The zero-order chi connectivity index (χ0) is 13.4. The molecule has 0 aliphatic rings. The van der Waals surface area contributed by atoms with Gasteiger partial charge >= 0.3 is 0 Å². The molecule has 0 spiro atoms. The molecule has 96 valence electrons. The van der Waals surface area contributed by atoms with Crippen molar-refractivity contribution in [3.8, 4) is 11.4 Å². The van der Waals surface area contributed by atoms with E-state index in [2.05, 4.69) is 96.2 Å². The topological polar surface area (TPSA) is 35.6 Å². The van der Waals surface area contributed by atoms with Crippen molar-refractivity contribution >= 4 is 67.8 Å². The van der Waals surface area contributed by atoms with Gasteiger partial charge in [-0.15, -0.1) is 0 Å². The molecule has 3 rings (SSSR count). The Labute approximate surface area is 151 Å². The molecule has 7 heteroatoms. The molecule has 0 aliphatic carbocycles. The van der Waals surface area contributed by atoms with Crippen LogP contribution in [-0.2, 0) is 0 Å². The minimum absolute atomic E-state index is 1.06. The second kappa shape index (κ2) is 5.68. The summed E-state index contributed by atoms with van der Waals surface area (Å²) in [6, 6.07) is 10.2. The minimum atomic E-state index is 1.06. The Balaban J connectivity index is 2.09. The second-order valence-electron chi connectivity index (χ2n) is 3.77. The predicted octanol–water partition coefficient (Wildman–Crippen LogP) is 3.87. The van der Waals surface area contributed by atoms with E-state index in [4.69, 9.17) is 0 Å². The maximum Gasteiger partial charge on any atom is 0.105 e. The van der Waals surface area contributed by atoms with E-state index in [1.54, 1.807) is 6.20 Å². The van der Waals surface area contributed by atoms with E-state index in [0.717, 1.165) is 22.3 Å². The zero-order valence-corrected chi connectivity index (χ0v) is 15.9. The van der Waals surface area contributed by atoms with E-state index >= 15 is 0 Å². The van der Waals surface area contributed by atoms with Crippen LogP contribution in [0.2, 0.25) is 0 Å². The summed E-state index contributed by atoms with van der Waals surface area (Å²) in [4.78, 5) is 0. The van der Waals surface area contributed by atoms with E-state index in [0.29, 0.717) is 0 Å². The summed E-state index contributed by atoms with van der Waals surface area (Å²) >= 11 is 6.89. The van der Waals surface area contributed by atoms with Gasteiger partial charge in [0, 0.05) is 3.57 Å². The smallest absolute Gasteiger partial charge is 0.105 e. The second-order valence-corrected chi connectivity index (χ2v) is 7.14. The molecule has 0 aliphatic heterocycles. The van der Waals surface area contributed by atoms with Crippen molar-refractivity contribution in [2.24, 2.45) is 0 Å². The lowest BCUT2D eigenvalue weighted by Gasteiger charge is -2.09. The summed E-state index contributed by atoms with van der Waals surface area (Å²) in [6.07, 6.45) is 3.61. The highest BCUT2D eigenvalue weighted by atomic mass is 127. The lowest BCUT2D eigenvalue weighted by Crippen LogP contribution is -2.04. The van der Waals surface area contributed by atoms with Crippen molar-refractivity contribution in [2.45, 2.75) is 0 Å². The standard InChI is InChI=1S/C12H7I3N4/c13-9-7-8(18-11(14)3-5-16-18)1-2-10(9)19-12(15)4-6-17-19/h1-7H. The summed E-state index contributed by atoms with van der Waals surface area (Å²) in [5.74, 6) is 0. The van der Waals surface area contributed by atoms with Gasteiger partial charge < -0.3 is 0 Å². The first-order valence-electron chi connectivity index (χ1n) is 5.36. The van der Waals surface area contributed by atoms with Gasteiger partial charge in [0.05, 0.1) is 23.8 Å². The molecule has 0 unspecified atom stereocenters. The lowest BCUT2D eigenvalue weighted by atomic mass is 10.3. The molecule has 0 fully saturated rings. The molecule has 2 heterocycles. The van der Waals surface area contributed by atoms with Gasteiger partial charge in [0.1, 0.15) is 7.40 Å². The number of aromatic nitrogens is 4. The number of hydrogen-bond acceptors (Lipinski definition) is 2. The van der Waals surface area contributed by atoms with Crippen LogP contribution < -0.4 is 0 Å². The van der Waals surface area contributed by atoms with E-state index in [1.807, 2.05) is 27.7 Å². The fourth-order valence-electron chi connectivity index (χ4n) is 1.74. The van der Waals surface area contributed by atoms with Gasteiger partial charge in [0.25, 0.3) is 0 Å². The van der Waals surface area contributed by atoms with E-state index in [-0.39, 0.29) is 0 Å². The fourth-order valence-corrected chi connectivity index (χ4v) is 3.58. The van der Waals surface area contributed by atoms with Crippen molar-refractivity contribution in [1.29, 1.82) is 0 Å². The summed E-state index contributed by atoms with van der Waals surface area (Å²) in [5.41, 5.74) is 2.14. The predicted molar refractivity (Wildman–Crippen MR) is 98.8 cm³/mol. The lowest BCUT2D eigenvalue weighted by molar-refractivity contribution is 0.839. The third-order valence-corrected chi connectivity index (χ3v) is 5.09. The first kappa shape index (κ1) is 13.8. The van der Waals surface area contributed by atoms with Gasteiger partial charge in [-0.3, -0.25) is 0 Å². The van der Waals surface area contributed by atoms with Crippen LogP contribution in [0, 0.1) is 11.0 Å². The Kier molecular flexibility index (Phi) is 4.12. The van der Waals surface area contributed by atoms with Gasteiger partial charge in [-0.05, 0) is 98.1 Å². The molecule has 0 radical (unpaired) electrons. The average molecular weight is 588 g/mol. The van der Waals surface area contributed by atoms with Gasteiger partial charge in [0.2, 0.25) is 0 Å². The number of benzene rings is 1. The van der Waals surface area contributed by atoms with Crippen molar-refractivity contribution in [3.63, 3.8) is 0 Å². The molecule has 2 aromatic heterocycles. The van der Waals surface area contributed by atoms with Gasteiger partial charge in [-0.25, -0.2) is 9.36 Å². The minimum Gasteiger partial charge on any atom is -0.228 e. The number of nitrogens with zero attached hydrogens (tertiary/aromatic N) is 4. The summed E-state index contributed by atoms with van der Waals surface area (Å²) in [7, 11) is 0. The molecular weight excluding hydrogens is 581 g/mol. The van der Waals surface area contributed by atoms with Crippen LogP contribution in [0.1, 0.15) is 0 Å². The van der Waals surface area contributed by atoms with E-state index in [1.165, 1.54) is 0 Å². The van der Waals surface area contributed by atoms with Crippen LogP contribution in [-0.4, -0.2) is 19.6 Å². The van der Waals surface area contributed by atoms with E-state index < -0.39 is 0 Å². The molecule has 1 aromatic carbocycles. The van der Waals surface area contributed by atoms with Crippen LogP contribution in [0.3, 0.4) is 0 Å². The maximum atomic E-state index is 4.34. The summed E-state index contributed by atoms with van der Waals surface area (Å²) < 4.78 is 7.18. The third-order valence-electron chi connectivity index (χ3n) is 2.60. The Bertz CT molecular complexity index is 732. The van der Waals surface area contributed by atoms with Gasteiger partial charge in [0.15, 0.2) is 0 Å². The average Bonchev–Trinajstić information content (AvgIpc) is 2.98. The van der Waals surface area contributed by atoms with Gasteiger partial charge in [-0.1, -0.05) is 0 Å². The van der Waals surface area contributed by atoms with Crippen molar-refractivity contribution in [3.05, 3.63) is 53.7 Å². The van der Waals surface area contributed by atoms with Crippen LogP contribution in [0.4, 0.5) is 0 Å². The monoisotopic (exact) mass is 588 g/mol. The summed E-state index contributed by atoms with van der Waals surface area (Å²) in [5, 5.41) is 8.66. The van der Waals surface area contributed by atoms with Crippen LogP contribution in [0.15, 0.2) is 42.7 Å². The molecule has 0 amide bonds. The number of rotatable bonds is 2. The molecular formula is C12H7I3N4. The highest BCUT2D eigenvalue weighted by molar-refractivity contribution is 14.1.